The predicted molar refractivity (Wildman–Crippen MR) is 104 cm³/mol. The van der Waals surface area contributed by atoms with Crippen LogP contribution in [0.3, 0.4) is 0 Å². The van der Waals surface area contributed by atoms with E-state index in [4.69, 9.17) is 0 Å². The maximum Gasteiger partial charge on any atom is 0.252 e. The van der Waals surface area contributed by atoms with Crippen LogP contribution in [0.4, 0.5) is 15.8 Å². The zero-order chi connectivity index (χ0) is 19.5. The van der Waals surface area contributed by atoms with E-state index in [9.17, 15) is 14.0 Å². The van der Waals surface area contributed by atoms with Crippen LogP contribution in [0.25, 0.3) is 0 Å². The van der Waals surface area contributed by atoms with Crippen LogP contribution in [-0.2, 0) is 15.1 Å². The second-order valence-corrected chi connectivity index (χ2v) is 7.92. The van der Waals surface area contributed by atoms with Crippen molar-refractivity contribution >= 4 is 23.2 Å². The number of para-hydroxylation sites is 1. The SMILES string of the molecule is CN1C(=O)C2(c3ccccc31)C(C(=O)Nc1ccc(F)cc1)CC1CCCN12. The average Bonchev–Trinajstić information content (AvgIpc) is 3.34. The smallest absolute Gasteiger partial charge is 0.252 e. The molecule has 144 valence electrons. The summed E-state index contributed by atoms with van der Waals surface area (Å²) in [5, 5.41) is 2.91. The lowest BCUT2D eigenvalue weighted by molar-refractivity contribution is -0.136. The number of nitrogens with zero attached hydrogens (tertiary/aromatic N) is 2. The lowest BCUT2D eigenvalue weighted by Crippen LogP contribution is -2.55. The normalized spacial score (nSPS) is 28.6. The first-order chi connectivity index (χ1) is 13.5. The van der Waals surface area contributed by atoms with Crippen molar-refractivity contribution in [3.63, 3.8) is 0 Å². The van der Waals surface area contributed by atoms with E-state index in [0.29, 0.717) is 12.1 Å². The minimum atomic E-state index is -0.948. The first-order valence-corrected chi connectivity index (χ1v) is 9.74. The third-order valence-corrected chi connectivity index (χ3v) is 6.58. The van der Waals surface area contributed by atoms with Gasteiger partial charge in [-0.1, -0.05) is 18.2 Å². The van der Waals surface area contributed by atoms with Crippen molar-refractivity contribution in [1.82, 2.24) is 4.90 Å². The Bertz CT molecular complexity index is 961. The molecule has 2 amide bonds. The Morgan fingerprint density at radius 1 is 1.18 bits per heavy atom. The molecule has 3 unspecified atom stereocenters. The topological polar surface area (TPSA) is 52.7 Å². The van der Waals surface area contributed by atoms with Crippen LogP contribution in [0.1, 0.15) is 24.8 Å². The zero-order valence-corrected chi connectivity index (χ0v) is 15.7. The quantitative estimate of drug-likeness (QED) is 0.872. The molecule has 3 aliphatic rings. The first kappa shape index (κ1) is 17.4. The van der Waals surface area contributed by atoms with Gasteiger partial charge in [-0.2, -0.15) is 0 Å². The van der Waals surface area contributed by atoms with Gasteiger partial charge >= 0.3 is 0 Å². The minimum Gasteiger partial charge on any atom is -0.326 e. The average molecular weight is 379 g/mol. The molecule has 0 aliphatic carbocycles. The van der Waals surface area contributed by atoms with E-state index in [1.54, 1.807) is 24.1 Å². The third kappa shape index (κ3) is 2.21. The van der Waals surface area contributed by atoms with Gasteiger partial charge in [0.15, 0.2) is 0 Å². The summed E-state index contributed by atoms with van der Waals surface area (Å²) in [6.45, 7) is 0.818. The highest BCUT2D eigenvalue weighted by Gasteiger charge is 2.66. The Balaban J connectivity index is 1.59. The number of likely N-dealkylation sites (N-methyl/N-ethyl adjacent to an activating group) is 1. The fourth-order valence-corrected chi connectivity index (χ4v) is 5.43. The highest BCUT2D eigenvalue weighted by atomic mass is 19.1. The van der Waals surface area contributed by atoms with E-state index in [1.807, 2.05) is 24.3 Å². The van der Waals surface area contributed by atoms with Crippen molar-refractivity contribution in [3.8, 4) is 0 Å². The second-order valence-electron chi connectivity index (χ2n) is 7.92. The Morgan fingerprint density at radius 3 is 2.71 bits per heavy atom. The molecule has 0 radical (unpaired) electrons. The van der Waals surface area contributed by atoms with Crippen LogP contribution in [0, 0.1) is 11.7 Å². The van der Waals surface area contributed by atoms with Crippen LogP contribution in [0.5, 0.6) is 0 Å². The Morgan fingerprint density at radius 2 is 1.93 bits per heavy atom. The zero-order valence-electron chi connectivity index (χ0n) is 15.7. The number of amides is 2. The largest absolute Gasteiger partial charge is 0.326 e. The summed E-state index contributed by atoms with van der Waals surface area (Å²) in [6, 6.07) is 13.8. The number of benzene rings is 2. The number of nitrogens with one attached hydrogen (secondary N) is 1. The monoisotopic (exact) mass is 379 g/mol. The maximum absolute atomic E-state index is 13.6. The molecule has 0 aromatic heterocycles. The van der Waals surface area contributed by atoms with E-state index in [0.717, 1.165) is 30.6 Å². The molecule has 2 aromatic rings. The lowest BCUT2D eigenvalue weighted by atomic mass is 9.78. The highest BCUT2D eigenvalue weighted by molar-refractivity contribution is 6.11. The molecule has 28 heavy (non-hydrogen) atoms. The molecule has 2 saturated heterocycles. The number of hydrogen-bond acceptors (Lipinski definition) is 3. The van der Waals surface area contributed by atoms with Crippen LogP contribution in [-0.4, -0.2) is 36.3 Å². The van der Waals surface area contributed by atoms with Crippen molar-refractivity contribution < 1.29 is 14.0 Å². The number of anilines is 2. The number of fused-ring (bicyclic) bond motifs is 4. The van der Waals surface area contributed by atoms with Crippen molar-refractivity contribution in [3.05, 3.63) is 59.9 Å². The van der Waals surface area contributed by atoms with E-state index in [-0.39, 0.29) is 23.7 Å². The summed E-state index contributed by atoms with van der Waals surface area (Å²) < 4.78 is 13.2. The van der Waals surface area contributed by atoms with Crippen LogP contribution in [0.2, 0.25) is 0 Å². The van der Waals surface area contributed by atoms with Crippen LogP contribution < -0.4 is 10.2 Å². The molecule has 1 spiro atoms. The Hall–Kier alpha value is -2.73. The molecule has 0 saturated carbocycles. The summed E-state index contributed by atoms with van der Waals surface area (Å²) >= 11 is 0. The van der Waals surface area contributed by atoms with Crippen molar-refractivity contribution in [2.45, 2.75) is 30.8 Å². The molecule has 1 N–H and O–H groups in total. The van der Waals surface area contributed by atoms with Crippen molar-refractivity contribution in [2.75, 3.05) is 23.8 Å². The second kappa shape index (κ2) is 6.14. The van der Waals surface area contributed by atoms with E-state index in [2.05, 4.69) is 10.2 Å². The number of rotatable bonds is 2. The standard InChI is InChI=1S/C22H22FN3O2/c1-25-19-7-3-2-6-17(19)22(21(25)28)18(13-16-5-4-12-26(16)22)20(27)24-15-10-8-14(23)9-11-15/h2-3,6-11,16,18H,4-5,12-13H2,1H3,(H,24,27). The Kier molecular flexibility index (Phi) is 3.81. The summed E-state index contributed by atoms with van der Waals surface area (Å²) in [5.41, 5.74) is 1.39. The van der Waals surface area contributed by atoms with Gasteiger partial charge in [-0.3, -0.25) is 14.5 Å². The molecular weight excluding hydrogens is 357 g/mol. The van der Waals surface area contributed by atoms with Gasteiger partial charge in [-0.25, -0.2) is 4.39 Å². The van der Waals surface area contributed by atoms with Gasteiger partial charge in [0.1, 0.15) is 11.4 Å². The molecule has 3 heterocycles. The molecule has 3 aliphatic heterocycles. The number of halogens is 1. The molecule has 6 heteroatoms. The molecule has 3 atom stereocenters. The lowest BCUT2D eigenvalue weighted by Gasteiger charge is -2.37. The van der Waals surface area contributed by atoms with E-state index in [1.165, 1.54) is 12.1 Å². The summed E-state index contributed by atoms with van der Waals surface area (Å²) in [4.78, 5) is 30.9. The summed E-state index contributed by atoms with van der Waals surface area (Å²) in [5.74, 6) is -1.05. The van der Waals surface area contributed by atoms with E-state index >= 15 is 0 Å². The van der Waals surface area contributed by atoms with Gasteiger partial charge in [0.05, 0.1) is 5.92 Å². The summed E-state index contributed by atoms with van der Waals surface area (Å²) in [7, 11) is 1.79. The van der Waals surface area contributed by atoms with Gasteiger partial charge in [-0.15, -0.1) is 0 Å². The number of carbonyl (C=O) groups is 2. The minimum absolute atomic E-state index is 0.0302. The van der Waals surface area contributed by atoms with Crippen molar-refractivity contribution in [2.24, 2.45) is 5.92 Å². The van der Waals surface area contributed by atoms with Crippen LogP contribution in [0.15, 0.2) is 48.5 Å². The molecule has 5 nitrogen and oxygen atoms in total. The molecule has 2 aromatic carbocycles. The third-order valence-electron chi connectivity index (χ3n) is 6.58. The fraction of sp³-hybridized carbons (Fsp3) is 0.364. The van der Waals surface area contributed by atoms with Gasteiger partial charge in [0.25, 0.3) is 5.91 Å². The molecule has 2 fully saturated rings. The predicted octanol–water partition coefficient (Wildman–Crippen LogP) is 3.12. The maximum atomic E-state index is 13.6. The molecule has 0 bridgehead atoms. The van der Waals surface area contributed by atoms with Crippen LogP contribution >= 0.6 is 0 Å². The van der Waals surface area contributed by atoms with Gasteiger partial charge < -0.3 is 10.2 Å². The fourth-order valence-electron chi connectivity index (χ4n) is 5.43. The van der Waals surface area contributed by atoms with Crippen molar-refractivity contribution in [1.29, 1.82) is 0 Å². The number of carbonyl (C=O) groups excluding carboxylic acids is 2. The molecule has 5 rings (SSSR count). The van der Waals surface area contributed by atoms with Gasteiger partial charge in [0, 0.05) is 30.0 Å². The molecular formula is C22H22FN3O2. The van der Waals surface area contributed by atoms with Gasteiger partial charge in [0.2, 0.25) is 5.91 Å². The summed E-state index contributed by atoms with van der Waals surface area (Å²) in [6.07, 6.45) is 2.69. The van der Waals surface area contributed by atoms with E-state index < -0.39 is 11.5 Å². The van der Waals surface area contributed by atoms with Gasteiger partial charge in [-0.05, 0) is 56.1 Å². The highest BCUT2D eigenvalue weighted by Crippen LogP contribution is 2.56. The first-order valence-electron chi connectivity index (χ1n) is 9.74. The number of hydrogen-bond donors (Lipinski definition) is 1. The Labute approximate surface area is 163 Å².